The van der Waals surface area contributed by atoms with E-state index in [0.717, 1.165) is 12.8 Å². The molecule has 2 heteroatoms. The van der Waals surface area contributed by atoms with Gasteiger partial charge in [-0.15, -0.1) is 0 Å². The number of rotatable bonds is 4. The highest BCUT2D eigenvalue weighted by molar-refractivity contribution is 5.63. The predicted molar refractivity (Wildman–Crippen MR) is 87.0 cm³/mol. The van der Waals surface area contributed by atoms with Crippen molar-refractivity contribution in [2.24, 2.45) is 5.73 Å². The van der Waals surface area contributed by atoms with Gasteiger partial charge in [0.15, 0.2) is 0 Å². The summed E-state index contributed by atoms with van der Waals surface area (Å²) in [5.74, 6) is 0. The second-order valence-corrected chi connectivity index (χ2v) is 5.94. The molecule has 2 aromatic rings. The average Bonchev–Trinajstić information content (AvgIpc) is 3.05. The number of benzene rings is 2. The molecular formula is C19H23NO. The summed E-state index contributed by atoms with van der Waals surface area (Å²) >= 11 is 0. The van der Waals surface area contributed by atoms with Crippen LogP contribution in [0.15, 0.2) is 54.6 Å². The maximum atomic E-state index is 6.51. The van der Waals surface area contributed by atoms with Crippen molar-refractivity contribution in [3.8, 4) is 11.1 Å². The van der Waals surface area contributed by atoms with Crippen molar-refractivity contribution in [3.63, 3.8) is 0 Å². The van der Waals surface area contributed by atoms with Crippen molar-refractivity contribution in [1.29, 1.82) is 0 Å². The SMILES string of the molecule is COC1(C(N)c2ccc(-c3ccccc3)cc2)CCCC1. The highest BCUT2D eigenvalue weighted by Crippen LogP contribution is 2.41. The molecule has 2 aromatic carbocycles. The largest absolute Gasteiger partial charge is 0.376 e. The second-order valence-electron chi connectivity index (χ2n) is 5.94. The molecule has 2 N–H and O–H groups in total. The molecule has 0 spiro atoms. The maximum absolute atomic E-state index is 6.51. The Labute approximate surface area is 126 Å². The summed E-state index contributed by atoms with van der Waals surface area (Å²) in [6.07, 6.45) is 4.55. The summed E-state index contributed by atoms with van der Waals surface area (Å²) < 4.78 is 5.80. The summed E-state index contributed by atoms with van der Waals surface area (Å²) in [6.45, 7) is 0. The lowest BCUT2D eigenvalue weighted by Gasteiger charge is -2.34. The third kappa shape index (κ3) is 2.74. The molecule has 1 aliphatic carbocycles. The van der Waals surface area contributed by atoms with Crippen LogP contribution in [-0.4, -0.2) is 12.7 Å². The molecule has 0 heterocycles. The molecule has 0 saturated heterocycles. The van der Waals surface area contributed by atoms with Gasteiger partial charge in [0.1, 0.15) is 0 Å². The fraction of sp³-hybridized carbons (Fsp3) is 0.368. The first kappa shape index (κ1) is 14.3. The van der Waals surface area contributed by atoms with Crippen LogP contribution in [-0.2, 0) is 4.74 Å². The molecule has 0 aliphatic heterocycles. The molecule has 110 valence electrons. The van der Waals surface area contributed by atoms with Crippen molar-refractivity contribution in [2.45, 2.75) is 37.3 Å². The summed E-state index contributed by atoms with van der Waals surface area (Å²) in [5.41, 5.74) is 9.96. The van der Waals surface area contributed by atoms with Crippen molar-refractivity contribution < 1.29 is 4.74 Å². The topological polar surface area (TPSA) is 35.2 Å². The van der Waals surface area contributed by atoms with Crippen LogP contribution in [0.5, 0.6) is 0 Å². The molecule has 0 radical (unpaired) electrons. The molecule has 3 rings (SSSR count). The molecule has 1 fully saturated rings. The van der Waals surface area contributed by atoms with Gasteiger partial charge in [0.05, 0.1) is 11.6 Å². The molecule has 0 amide bonds. The van der Waals surface area contributed by atoms with E-state index in [-0.39, 0.29) is 11.6 Å². The minimum atomic E-state index is -0.172. The molecule has 2 nitrogen and oxygen atoms in total. The Morgan fingerprint density at radius 2 is 1.48 bits per heavy atom. The maximum Gasteiger partial charge on any atom is 0.0870 e. The minimum Gasteiger partial charge on any atom is -0.376 e. The van der Waals surface area contributed by atoms with Crippen molar-refractivity contribution in [2.75, 3.05) is 7.11 Å². The Kier molecular flexibility index (Phi) is 4.09. The van der Waals surface area contributed by atoms with Crippen LogP contribution in [0.2, 0.25) is 0 Å². The predicted octanol–water partition coefficient (Wildman–Crippen LogP) is 4.31. The van der Waals surface area contributed by atoms with Gasteiger partial charge in [-0.1, -0.05) is 67.4 Å². The quantitative estimate of drug-likeness (QED) is 0.906. The van der Waals surface area contributed by atoms with Crippen LogP contribution in [0, 0.1) is 0 Å². The van der Waals surface area contributed by atoms with E-state index in [0.29, 0.717) is 0 Å². The van der Waals surface area contributed by atoms with Gasteiger partial charge < -0.3 is 10.5 Å². The summed E-state index contributed by atoms with van der Waals surface area (Å²) in [7, 11) is 1.80. The molecule has 0 aromatic heterocycles. The van der Waals surface area contributed by atoms with E-state index in [1.165, 1.54) is 29.5 Å². The Morgan fingerprint density at radius 3 is 2.05 bits per heavy atom. The average molecular weight is 281 g/mol. The summed E-state index contributed by atoms with van der Waals surface area (Å²) in [4.78, 5) is 0. The van der Waals surface area contributed by atoms with E-state index < -0.39 is 0 Å². The highest BCUT2D eigenvalue weighted by atomic mass is 16.5. The fourth-order valence-electron chi connectivity index (χ4n) is 3.43. The van der Waals surface area contributed by atoms with Gasteiger partial charge in [-0.25, -0.2) is 0 Å². The lowest BCUT2D eigenvalue weighted by atomic mass is 9.87. The van der Waals surface area contributed by atoms with Gasteiger partial charge in [0.25, 0.3) is 0 Å². The first-order valence-corrected chi connectivity index (χ1v) is 7.71. The Hall–Kier alpha value is -1.64. The third-order valence-corrected chi connectivity index (χ3v) is 4.80. The van der Waals surface area contributed by atoms with Crippen LogP contribution >= 0.6 is 0 Å². The molecule has 1 saturated carbocycles. The number of methoxy groups -OCH3 is 1. The molecule has 1 atom stereocenters. The monoisotopic (exact) mass is 281 g/mol. The van der Waals surface area contributed by atoms with Crippen LogP contribution in [0.4, 0.5) is 0 Å². The Morgan fingerprint density at radius 1 is 0.905 bits per heavy atom. The second kappa shape index (κ2) is 6.00. The van der Waals surface area contributed by atoms with Gasteiger partial charge >= 0.3 is 0 Å². The van der Waals surface area contributed by atoms with Crippen LogP contribution in [0.3, 0.4) is 0 Å². The first-order valence-electron chi connectivity index (χ1n) is 7.71. The van der Waals surface area contributed by atoms with E-state index in [9.17, 15) is 0 Å². The van der Waals surface area contributed by atoms with Gasteiger partial charge in [-0.3, -0.25) is 0 Å². The minimum absolute atomic E-state index is 0.0465. The smallest absolute Gasteiger partial charge is 0.0870 e. The number of nitrogens with two attached hydrogens (primary N) is 1. The van der Waals surface area contributed by atoms with E-state index in [4.69, 9.17) is 10.5 Å². The molecule has 1 unspecified atom stereocenters. The standard InChI is InChI=1S/C19H23NO/c1-21-19(13-5-6-14-19)18(20)17-11-9-16(10-12-17)15-7-3-2-4-8-15/h2-4,7-12,18H,5-6,13-14,20H2,1H3. The zero-order valence-corrected chi connectivity index (χ0v) is 12.6. The van der Waals surface area contributed by atoms with E-state index in [1.807, 2.05) is 6.07 Å². The zero-order valence-electron chi connectivity index (χ0n) is 12.6. The van der Waals surface area contributed by atoms with Gasteiger partial charge in [-0.05, 0) is 29.5 Å². The van der Waals surface area contributed by atoms with Crippen molar-refractivity contribution in [3.05, 3.63) is 60.2 Å². The Balaban J connectivity index is 1.84. The van der Waals surface area contributed by atoms with Gasteiger partial charge in [0, 0.05) is 7.11 Å². The molecule has 0 bridgehead atoms. The number of hydrogen-bond donors (Lipinski definition) is 1. The summed E-state index contributed by atoms with van der Waals surface area (Å²) in [5, 5.41) is 0. The van der Waals surface area contributed by atoms with E-state index in [2.05, 4.69) is 48.5 Å². The molecule has 1 aliphatic rings. The third-order valence-electron chi connectivity index (χ3n) is 4.80. The lowest BCUT2D eigenvalue weighted by molar-refractivity contribution is -0.0264. The number of hydrogen-bond acceptors (Lipinski definition) is 2. The zero-order chi connectivity index (χ0) is 14.7. The van der Waals surface area contributed by atoms with Crippen LogP contribution in [0.25, 0.3) is 11.1 Å². The Bertz CT molecular complexity index is 570. The highest BCUT2D eigenvalue weighted by Gasteiger charge is 2.40. The van der Waals surface area contributed by atoms with E-state index >= 15 is 0 Å². The fourth-order valence-corrected chi connectivity index (χ4v) is 3.43. The van der Waals surface area contributed by atoms with Crippen LogP contribution in [0.1, 0.15) is 37.3 Å². The number of ether oxygens (including phenoxy) is 1. The van der Waals surface area contributed by atoms with Crippen molar-refractivity contribution >= 4 is 0 Å². The molecule has 21 heavy (non-hydrogen) atoms. The normalized spacial score (nSPS) is 18.6. The van der Waals surface area contributed by atoms with Gasteiger partial charge in [0.2, 0.25) is 0 Å². The van der Waals surface area contributed by atoms with E-state index in [1.54, 1.807) is 7.11 Å². The van der Waals surface area contributed by atoms with Crippen LogP contribution < -0.4 is 5.73 Å². The van der Waals surface area contributed by atoms with Gasteiger partial charge in [-0.2, -0.15) is 0 Å². The molecular weight excluding hydrogens is 258 g/mol. The van der Waals surface area contributed by atoms with Crippen molar-refractivity contribution in [1.82, 2.24) is 0 Å². The lowest BCUT2D eigenvalue weighted by Crippen LogP contribution is -2.40. The summed E-state index contributed by atoms with van der Waals surface area (Å²) in [6, 6.07) is 19.0. The first-order chi connectivity index (χ1) is 10.2.